The minimum Gasteiger partial charge on any atom is -0.388 e. The molecule has 0 aromatic carbocycles. The molecule has 0 radical (unpaired) electrons. The highest BCUT2D eigenvalue weighted by Gasteiger charge is 2.43. The van der Waals surface area contributed by atoms with Gasteiger partial charge in [0, 0.05) is 31.7 Å². The molecule has 20 heavy (non-hydrogen) atoms. The van der Waals surface area contributed by atoms with Crippen molar-refractivity contribution in [1.29, 1.82) is 5.41 Å². The van der Waals surface area contributed by atoms with E-state index in [9.17, 15) is 0 Å². The molecule has 0 aromatic rings. The molecule has 2 heterocycles. The summed E-state index contributed by atoms with van der Waals surface area (Å²) >= 11 is 2.07. The number of nitrogens with zero attached hydrogens (tertiary/aromatic N) is 1. The quantitative estimate of drug-likeness (QED) is 0.603. The van der Waals surface area contributed by atoms with Crippen molar-refractivity contribution >= 4 is 17.6 Å². The van der Waals surface area contributed by atoms with Gasteiger partial charge in [0.25, 0.3) is 0 Å². The number of amidine groups is 1. The highest BCUT2D eigenvalue weighted by molar-refractivity contribution is 7.99. The molecule has 1 atom stereocenters. The van der Waals surface area contributed by atoms with E-state index in [2.05, 4.69) is 16.7 Å². The van der Waals surface area contributed by atoms with Gasteiger partial charge >= 0.3 is 0 Å². The molecule has 3 N–H and O–H groups in total. The molecular weight excluding hydrogens is 270 g/mol. The van der Waals surface area contributed by atoms with Crippen LogP contribution in [0.2, 0.25) is 0 Å². The predicted octanol–water partition coefficient (Wildman–Crippen LogP) is 2.22. The average molecular weight is 297 g/mol. The van der Waals surface area contributed by atoms with Crippen molar-refractivity contribution in [3.05, 3.63) is 0 Å². The van der Waals surface area contributed by atoms with Crippen LogP contribution in [0.15, 0.2) is 0 Å². The van der Waals surface area contributed by atoms with E-state index in [0.717, 1.165) is 32.0 Å². The van der Waals surface area contributed by atoms with Crippen molar-refractivity contribution in [2.45, 2.75) is 62.6 Å². The van der Waals surface area contributed by atoms with Gasteiger partial charge in [0.15, 0.2) is 0 Å². The van der Waals surface area contributed by atoms with Gasteiger partial charge < -0.3 is 10.5 Å². The Morgan fingerprint density at radius 3 is 2.65 bits per heavy atom. The third-order valence-electron chi connectivity index (χ3n) is 5.00. The van der Waals surface area contributed by atoms with Crippen LogP contribution in [0.1, 0.15) is 44.9 Å². The first-order valence-electron chi connectivity index (χ1n) is 7.99. The molecule has 1 unspecified atom stereocenters. The fourth-order valence-electron chi connectivity index (χ4n) is 3.70. The van der Waals surface area contributed by atoms with Crippen molar-refractivity contribution in [3.8, 4) is 0 Å². The van der Waals surface area contributed by atoms with E-state index in [4.69, 9.17) is 15.9 Å². The standard InChI is InChI=1S/C15H27N3OS/c16-14(17)3-7-18(12-1-2-12)13-4-8-19-15(11-13)5-9-20-10-6-15/h12-13H,1-11H2,(H3,16,17). The number of nitrogens with one attached hydrogen (secondary N) is 1. The first kappa shape index (κ1) is 14.7. The summed E-state index contributed by atoms with van der Waals surface area (Å²) in [5, 5.41) is 7.48. The Labute approximate surface area is 126 Å². The second-order valence-corrected chi connectivity index (χ2v) is 7.76. The first-order chi connectivity index (χ1) is 9.69. The van der Waals surface area contributed by atoms with Gasteiger partial charge in [-0.1, -0.05) is 0 Å². The maximum Gasteiger partial charge on any atom is 0.0918 e. The molecule has 2 saturated heterocycles. The summed E-state index contributed by atoms with van der Waals surface area (Å²) in [7, 11) is 0. The Bertz CT molecular complexity index is 348. The maximum absolute atomic E-state index is 7.48. The number of thioether (sulfide) groups is 1. The van der Waals surface area contributed by atoms with Crippen LogP contribution >= 0.6 is 11.8 Å². The molecule has 0 amide bonds. The molecule has 1 spiro atoms. The Morgan fingerprint density at radius 2 is 2.00 bits per heavy atom. The summed E-state index contributed by atoms with van der Waals surface area (Å²) in [5.74, 6) is 2.83. The van der Waals surface area contributed by atoms with E-state index >= 15 is 0 Å². The summed E-state index contributed by atoms with van der Waals surface area (Å²) in [6, 6.07) is 1.41. The van der Waals surface area contributed by atoms with Crippen LogP contribution in [0.4, 0.5) is 0 Å². The van der Waals surface area contributed by atoms with Gasteiger partial charge in [-0.25, -0.2) is 0 Å². The normalized spacial score (nSPS) is 29.8. The molecule has 1 aliphatic carbocycles. The summed E-state index contributed by atoms with van der Waals surface area (Å²) in [5.41, 5.74) is 5.72. The fourth-order valence-corrected chi connectivity index (χ4v) is 4.93. The molecule has 0 bridgehead atoms. The highest BCUT2D eigenvalue weighted by atomic mass is 32.2. The van der Waals surface area contributed by atoms with Crippen molar-refractivity contribution in [1.82, 2.24) is 4.90 Å². The summed E-state index contributed by atoms with van der Waals surface area (Å²) < 4.78 is 6.21. The zero-order valence-electron chi connectivity index (χ0n) is 12.3. The summed E-state index contributed by atoms with van der Waals surface area (Å²) in [6.45, 7) is 1.88. The SMILES string of the molecule is N=C(N)CCN(C1CC1)C1CCOC2(CCSCC2)C1. The fraction of sp³-hybridized carbons (Fsp3) is 0.933. The van der Waals surface area contributed by atoms with Crippen LogP contribution in [-0.2, 0) is 4.74 Å². The molecular formula is C15H27N3OS. The molecule has 1 saturated carbocycles. The molecule has 3 rings (SSSR count). The van der Waals surface area contributed by atoms with Gasteiger partial charge in [-0.15, -0.1) is 0 Å². The van der Waals surface area contributed by atoms with E-state index in [1.165, 1.54) is 43.6 Å². The van der Waals surface area contributed by atoms with Gasteiger partial charge in [0.05, 0.1) is 11.4 Å². The van der Waals surface area contributed by atoms with Crippen molar-refractivity contribution < 1.29 is 4.74 Å². The van der Waals surface area contributed by atoms with E-state index in [0.29, 0.717) is 11.9 Å². The number of nitrogens with two attached hydrogens (primary N) is 1. The van der Waals surface area contributed by atoms with E-state index in [-0.39, 0.29) is 5.60 Å². The Morgan fingerprint density at radius 1 is 1.25 bits per heavy atom. The summed E-state index contributed by atoms with van der Waals surface area (Å²) in [4.78, 5) is 2.65. The Balaban J connectivity index is 1.62. The molecule has 3 aliphatic rings. The van der Waals surface area contributed by atoms with Gasteiger partial charge in [0.2, 0.25) is 0 Å². The zero-order valence-corrected chi connectivity index (χ0v) is 13.1. The number of ether oxygens (including phenoxy) is 1. The van der Waals surface area contributed by atoms with E-state index in [1.54, 1.807) is 0 Å². The van der Waals surface area contributed by atoms with Crippen LogP contribution in [-0.4, -0.2) is 53.1 Å². The maximum atomic E-state index is 7.48. The van der Waals surface area contributed by atoms with Gasteiger partial charge in [0.1, 0.15) is 0 Å². The Hall–Kier alpha value is -0.260. The monoisotopic (exact) mass is 297 g/mol. The van der Waals surface area contributed by atoms with E-state index in [1.807, 2.05) is 0 Å². The van der Waals surface area contributed by atoms with E-state index < -0.39 is 0 Å². The van der Waals surface area contributed by atoms with Crippen molar-refractivity contribution in [3.63, 3.8) is 0 Å². The van der Waals surface area contributed by atoms with Crippen LogP contribution < -0.4 is 5.73 Å². The minimum absolute atomic E-state index is 0.164. The largest absolute Gasteiger partial charge is 0.388 e. The minimum atomic E-state index is 0.164. The van der Waals surface area contributed by atoms with Crippen molar-refractivity contribution in [2.75, 3.05) is 24.7 Å². The predicted molar refractivity (Wildman–Crippen MR) is 84.5 cm³/mol. The van der Waals surface area contributed by atoms with Gasteiger partial charge in [-0.3, -0.25) is 10.3 Å². The topological polar surface area (TPSA) is 62.3 Å². The Kier molecular flexibility index (Phi) is 4.58. The highest BCUT2D eigenvalue weighted by Crippen LogP contribution is 2.41. The smallest absolute Gasteiger partial charge is 0.0918 e. The molecule has 2 aliphatic heterocycles. The lowest BCUT2D eigenvalue weighted by molar-refractivity contribution is -0.111. The van der Waals surface area contributed by atoms with Crippen LogP contribution in [0.25, 0.3) is 0 Å². The number of hydrogen-bond donors (Lipinski definition) is 2. The average Bonchev–Trinajstić information content (AvgIpc) is 3.24. The molecule has 3 fully saturated rings. The third-order valence-corrected chi connectivity index (χ3v) is 5.98. The van der Waals surface area contributed by atoms with Crippen molar-refractivity contribution in [2.24, 2.45) is 5.73 Å². The lowest BCUT2D eigenvalue weighted by atomic mass is 9.84. The lowest BCUT2D eigenvalue weighted by Gasteiger charge is -2.46. The second-order valence-electron chi connectivity index (χ2n) is 6.53. The molecule has 114 valence electrons. The summed E-state index contributed by atoms with van der Waals surface area (Å²) in [6.07, 6.45) is 8.18. The number of rotatable bonds is 5. The van der Waals surface area contributed by atoms with Crippen LogP contribution in [0.3, 0.4) is 0 Å². The molecule has 4 nitrogen and oxygen atoms in total. The second kappa shape index (κ2) is 6.24. The first-order valence-corrected chi connectivity index (χ1v) is 9.14. The molecule has 0 aromatic heterocycles. The zero-order chi connectivity index (χ0) is 14.0. The van der Waals surface area contributed by atoms with Crippen LogP contribution in [0.5, 0.6) is 0 Å². The van der Waals surface area contributed by atoms with Crippen LogP contribution in [0, 0.1) is 5.41 Å². The van der Waals surface area contributed by atoms with Gasteiger partial charge in [-0.2, -0.15) is 11.8 Å². The third kappa shape index (κ3) is 3.49. The molecule has 5 heteroatoms. The lowest BCUT2D eigenvalue weighted by Crippen LogP contribution is -2.51. The van der Waals surface area contributed by atoms with Gasteiger partial charge in [-0.05, 0) is 50.0 Å². The number of hydrogen-bond acceptors (Lipinski definition) is 4.